The van der Waals surface area contributed by atoms with Gasteiger partial charge in [0.2, 0.25) is 0 Å². The third-order valence-corrected chi connectivity index (χ3v) is 4.26. The number of halogens is 1. The van der Waals surface area contributed by atoms with Crippen LogP contribution in [0.1, 0.15) is 45.2 Å². The molecule has 21 heavy (non-hydrogen) atoms. The molecule has 0 aliphatic heterocycles. The van der Waals surface area contributed by atoms with Gasteiger partial charge in [-0.3, -0.25) is 4.90 Å². The van der Waals surface area contributed by atoms with E-state index in [1.165, 1.54) is 12.1 Å². The van der Waals surface area contributed by atoms with Crippen molar-refractivity contribution in [1.29, 1.82) is 0 Å². The van der Waals surface area contributed by atoms with Gasteiger partial charge in [-0.15, -0.1) is 0 Å². The van der Waals surface area contributed by atoms with Gasteiger partial charge in [0.25, 0.3) is 0 Å². The van der Waals surface area contributed by atoms with E-state index >= 15 is 0 Å². The van der Waals surface area contributed by atoms with Crippen molar-refractivity contribution in [3.05, 3.63) is 35.6 Å². The first kappa shape index (κ1) is 18.1. The van der Waals surface area contributed by atoms with Gasteiger partial charge in [-0.25, -0.2) is 4.39 Å². The Bertz CT molecular complexity index is 392. The molecule has 0 fully saturated rings. The maximum absolute atomic E-state index is 13.0. The summed E-state index contributed by atoms with van der Waals surface area (Å²) in [7, 11) is 1.72. The Hall–Kier alpha value is -0.970. The van der Waals surface area contributed by atoms with Crippen molar-refractivity contribution in [2.75, 3.05) is 20.3 Å². The van der Waals surface area contributed by atoms with Crippen molar-refractivity contribution in [2.24, 2.45) is 5.73 Å². The Labute approximate surface area is 128 Å². The zero-order valence-electron chi connectivity index (χ0n) is 13.7. The monoisotopic (exact) mass is 296 g/mol. The van der Waals surface area contributed by atoms with E-state index in [4.69, 9.17) is 10.5 Å². The molecule has 3 nitrogen and oxygen atoms in total. The van der Waals surface area contributed by atoms with E-state index in [0.29, 0.717) is 12.6 Å². The first-order chi connectivity index (χ1) is 10.0. The summed E-state index contributed by atoms with van der Waals surface area (Å²) in [4.78, 5) is 2.41. The number of nitrogens with two attached hydrogens (primary N) is 1. The smallest absolute Gasteiger partial charge is 0.123 e. The van der Waals surface area contributed by atoms with Crippen LogP contribution in [0.15, 0.2) is 24.3 Å². The number of hydrogen-bond acceptors (Lipinski definition) is 3. The largest absolute Gasteiger partial charge is 0.383 e. The van der Waals surface area contributed by atoms with Gasteiger partial charge in [0.1, 0.15) is 5.82 Å². The lowest BCUT2D eigenvalue weighted by Crippen LogP contribution is -2.47. The quantitative estimate of drug-likeness (QED) is 0.759. The second-order valence-electron chi connectivity index (χ2n) is 5.52. The normalized spacial score (nSPS) is 14.7. The van der Waals surface area contributed by atoms with E-state index in [0.717, 1.165) is 24.9 Å². The Balaban J connectivity index is 2.86. The highest BCUT2D eigenvalue weighted by Gasteiger charge is 2.26. The van der Waals surface area contributed by atoms with Crippen LogP contribution in [0.25, 0.3) is 0 Å². The van der Waals surface area contributed by atoms with Crippen LogP contribution in [-0.2, 0) is 4.74 Å². The standard InChI is InChI=1S/C17H29FN2O/c1-5-16(6-2)20(11-12-21-4)13(3)17(19)14-7-9-15(18)10-8-14/h7-10,13,16-17H,5-6,11-12,19H2,1-4H3. The lowest BCUT2D eigenvalue weighted by atomic mass is 9.97. The fourth-order valence-electron chi connectivity index (χ4n) is 2.84. The summed E-state index contributed by atoms with van der Waals surface area (Å²) in [5, 5.41) is 0. The number of rotatable bonds is 9. The van der Waals surface area contributed by atoms with Crippen molar-refractivity contribution >= 4 is 0 Å². The zero-order chi connectivity index (χ0) is 15.8. The molecule has 0 bridgehead atoms. The average Bonchev–Trinajstić information content (AvgIpc) is 2.51. The molecule has 2 N–H and O–H groups in total. The second-order valence-corrected chi connectivity index (χ2v) is 5.52. The van der Waals surface area contributed by atoms with Gasteiger partial charge >= 0.3 is 0 Å². The number of methoxy groups -OCH3 is 1. The molecule has 0 saturated heterocycles. The molecule has 1 rings (SSSR count). The molecule has 0 heterocycles. The molecule has 2 unspecified atom stereocenters. The van der Waals surface area contributed by atoms with E-state index in [1.807, 2.05) is 0 Å². The van der Waals surface area contributed by atoms with Crippen LogP contribution >= 0.6 is 0 Å². The minimum absolute atomic E-state index is 0.136. The highest BCUT2D eigenvalue weighted by atomic mass is 19.1. The molecule has 120 valence electrons. The molecular weight excluding hydrogens is 267 g/mol. The van der Waals surface area contributed by atoms with E-state index in [-0.39, 0.29) is 17.9 Å². The molecule has 0 saturated carbocycles. The summed E-state index contributed by atoms with van der Waals surface area (Å²) in [6.45, 7) is 8.09. The summed E-state index contributed by atoms with van der Waals surface area (Å²) in [6, 6.07) is 7.02. The minimum Gasteiger partial charge on any atom is -0.383 e. The second kappa shape index (κ2) is 9.13. The fourth-order valence-corrected chi connectivity index (χ4v) is 2.84. The van der Waals surface area contributed by atoms with Crippen LogP contribution in [0, 0.1) is 5.82 Å². The third kappa shape index (κ3) is 5.06. The molecule has 0 amide bonds. The van der Waals surface area contributed by atoms with Gasteiger partial charge in [-0.05, 0) is 37.5 Å². The van der Waals surface area contributed by atoms with E-state index in [2.05, 4.69) is 25.7 Å². The molecular formula is C17H29FN2O. The number of hydrogen-bond donors (Lipinski definition) is 1. The van der Waals surface area contributed by atoms with Gasteiger partial charge in [-0.2, -0.15) is 0 Å². The lowest BCUT2D eigenvalue weighted by Gasteiger charge is -2.38. The molecule has 0 aliphatic carbocycles. The summed E-state index contributed by atoms with van der Waals surface area (Å²) in [5.74, 6) is -0.227. The van der Waals surface area contributed by atoms with Crippen molar-refractivity contribution in [3.63, 3.8) is 0 Å². The molecule has 0 spiro atoms. The van der Waals surface area contributed by atoms with Crippen molar-refractivity contribution in [1.82, 2.24) is 4.90 Å². The van der Waals surface area contributed by atoms with Crippen LogP contribution in [0.3, 0.4) is 0 Å². The van der Waals surface area contributed by atoms with Gasteiger partial charge in [0.05, 0.1) is 6.61 Å². The number of nitrogens with zero attached hydrogens (tertiary/aromatic N) is 1. The van der Waals surface area contributed by atoms with Crippen LogP contribution < -0.4 is 5.73 Å². The maximum atomic E-state index is 13.0. The molecule has 4 heteroatoms. The Kier molecular flexibility index (Phi) is 7.86. The highest BCUT2D eigenvalue weighted by Crippen LogP contribution is 2.22. The number of benzene rings is 1. The minimum atomic E-state index is -0.227. The first-order valence-corrected chi connectivity index (χ1v) is 7.80. The van der Waals surface area contributed by atoms with E-state index in [9.17, 15) is 4.39 Å². The highest BCUT2D eigenvalue weighted by molar-refractivity contribution is 5.21. The van der Waals surface area contributed by atoms with Gasteiger partial charge < -0.3 is 10.5 Å². The van der Waals surface area contributed by atoms with Crippen molar-refractivity contribution < 1.29 is 9.13 Å². The fraction of sp³-hybridized carbons (Fsp3) is 0.647. The molecule has 2 atom stereocenters. The molecule has 1 aromatic carbocycles. The van der Waals surface area contributed by atoms with E-state index in [1.54, 1.807) is 19.2 Å². The molecule has 0 aliphatic rings. The summed E-state index contributed by atoms with van der Waals surface area (Å²) >= 11 is 0. The van der Waals surface area contributed by atoms with Gasteiger partial charge in [0, 0.05) is 31.8 Å². The SMILES string of the molecule is CCC(CC)N(CCOC)C(C)C(N)c1ccc(F)cc1. The van der Waals surface area contributed by atoms with Crippen LogP contribution in [-0.4, -0.2) is 37.2 Å². The Morgan fingerprint density at radius 1 is 1.19 bits per heavy atom. The van der Waals surface area contributed by atoms with E-state index < -0.39 is 0 Å². The van der Waals surface area contributed by atoms with Crippen LogP contribution in [0.5, 0.6) is 0 Å². The third-order valence-electron chi connectivity index (χ3n) is 4.26. The summed E-state index contributed by atoms with van der Waals surface area (Å²) < 4.78 is 18.3. The predicted octanol–water partition coefficient (Wildman–Crippen LogP) is 3.35. The number of ether oxygens (including phenoxy) is 1. The van der Waals surface area contributed by atoms with Crippen molar-refractivity contribution in [3.8, 4) is 0 Å². The molecule has 0 aromatic heterocycles. The topological polar surface area (TPSA) is 38.5 Å². The summed E-state index contributed by atoms with van der Waals surface area (Å²) in [5.41, 5.74) is 7.37. The van der Waals surface area contributed by atoms with Crippen LogP contribution in [0.4, 0.5) is 4.39 Å². The predicted molar refractivity (Wildman–Crippen MR) is 85.7 cm³/mol. The van der Waals surface area contributed by atoms with Crippen LogP contribution in [0.2, 0.25) is 0 Å². The van der Waals surface area contributed by atoms with Gasteiger partial charge in [-0.1, -0.05) is 26.0 Å². The lowest BCUT2D eigenvalue weighted by molar-refractivity contribution is 0.0754. The Morgan fingerprint density at radius 3 is 2.24 bits per heavy atom. The Morgan fingerprint density at radius 2 is 1.76 bits per heavy atom. The zero-order valence-corrected chi connectivity index (χ0v) is 13.7. The molecule has 1 aromatic rings. The van der Waals surface area contributed by atoms with Crippen molar-refractivity contribution in [2.45, 2.75) is 51.7 Å². The van der Waals surface area contributed by atoms with Gasteiger partial charge in [0.15, 0.2) is 0 Å². The summed E-state index contributed by atoms with van der Waals surface area (Å²) in [6.07, 6.45) is 2.17. The average molecular weight is 296 g/mol. The first-order valence-electron chi connectivity index (χ1n) is 7.80. The molecule has 0 radical (unpaired) electrons. The maximum Gasteiger partial charge on any atom is 0.123 e.